The van der Waals surface area contributed by atoms with Gasteiger partial charge in [0.25, 0.3) is 0 Å². The van der Waals surface area contributed by atoms with Crippen molar-refractivity contribution in [3.05, 3.63) is 42.5 Å². The highest BCUT2D eigenvalue weighted by molar-refractivity contribution is 5.95. The number of aromatic amines is 2. The van der Waals surface area contributed by atoms with Crippen LogP contribution in [0.5, 0.6) is 5.75 Å². The minimum Gasteiger partial charge on any atom is -0.493 e. The molecule has 0 amide bonds. The highest BCUT2D eigenvalue weighted by Crippen LogP contribution is 2.30. The van der Waals surface area contributed by atoms with Crippen molar-refractivity contribution in [2.24, 2.45) is 0 Å². The van der Waals surface area contributed by atoms with Gasteiger partial charge in [0.15, 0.2) is 0 Å². The Morgan fingerprint density at radius 2 is 1.97 bits per heavy atom. The predicted octanol–water partition coefficient (Wildman–Crippen LogP) is 2.17. The lowest BCUT2D eigenvalue weighted by Crippen LogP contribution is -2.39. The molecule has 0 spiro atoms. The van der Waals surface area contributed by atoms with E-state index in [2.05, 4.69) is 36.1 Å². The molecule has 2 aromatic carbocycles. The first-order valence-corrected chi connectivity index (χ1v) is 9.64. The van der Waals surface area contributed by atoms with E-state index >= 15 is 0 Å². The first-order valence-electron chi connectivity index (χ1n) is 9.64. The van der Waals surface area contributed by atoms with Crippen LogP contribution in [-0.4, -0.2) is 63.2 Å². The molecule has 2 aromatic heterocycles. The molecule has 1 saturated heterocycles. The summed E-state index contributed by atoms with van der Waals surface area (Å²) in [7, 11) is 0. The fraction of sp³-hybridized carbons (Fsp3) is 0.300. The maximum Gasteiger partial charge on any atom is 0.204 e. The molecule has 9 heteroatoms. The zero-order valence-corrected chi connectivity index (χ0v) is 15.8. The van der Waals surface area contributed by atoms with Gasteiger partial charge in [-0.2, -0.15) is 10.3 Å². The summed E-state index contributed by atoms with van der Waals surface area (Å²) in [6.45, 7) is 3.22. The smallest absolute Gasteiger partial charge is 0.204 e. The van der Waals surface area contributed by atoms with E-state index in [4.69, 9.17) is 9.47 Å². The Hall–Kier alpha value is -3.30. The van der Waals surface area contributed by atoms with E-state index in [9.17, 15) is 0 Å². The summed E-state index contributed by atoms with van der Waals surface area (Å²) in [4.78, 5) is 0. The zero-order valence-electron chi connectivity index (χ0n) is 15.8. The second-order valence-electron chi connectivity index (χ2n) is 6.93. The molecule has 1 fully saturated rings. The number of morpholine rings is 1. The Kier molecular flexibility index (Phi) is 4.89. The van der Waals surface area contributed by atoms with Crippen LogP contribution in [0.25, 0.3) is 33.5 Å². The SMILES string of the molecule is c1cc(-c2n[nH]c3ccc(-c4nn[nH]n4)cc23)ccc1OCCC1CNCCO1. The van der Waals surface area contributed by atoms with E-state index in [1.807, 2.05) is 42.5 Å². The molecule has 1 aliphatic rings. The normalized spacial score (nSPS) is 16.9. The molecule has 5 rings (SSSR count). The van der Waals surface area contributed by atoms with Gasteiger partial charge in [0.05, 0.1) is 30.5 Å². The summed E-state index contributed by atoms with van der Waals surface area (Å²) in [5, 5.41) is 26.1. The first kappa shape index (κ1) is 17.8. The number of nitrogens with one attached hydrogen (secondary N) is 3. The second kappa shape index (κ2) is 7.98. The fourth-order valence-electron chi connectivity index (χ4n) is 3.48. The second-order valence-corrected chi connectivity index (χ2v) is 6.93. The summed E-state index contributed by atoms with van der Waals surface area (Å²) >= 11 is 0. The van der Waals surface area contributed by atoms with E-state index < -0.39 is 0 Å². The third kappa shape index (κ3) is 3.82. The van der Waals surface area contributed by atoms with Gasteiger partial charge in [-0.3, -0.25) is 5.10 Å². The van der Waals surface area contributed by atoms with Crippen molar-refractivity contribution in [3.8, 4) is 28.4 Å². The highest BCUT2D eigenvalue weighted by Gasteiger charge is 2.14. The number of hydrogen-bond donors (Lipinski definition) is 3. The van der Waals surface area contributed by atoms with Gasteiger partial charge in [-0.15, -0.1) is 10.2 Å². The topological polar surface area (TPSA) is 114 Å². The van der Waals surface area contributed by atoms with Gasteiger partial charge < -0.3 is 14.8 Å². The predicted molar refractivity (Wildman–Crippen MR) is 107 cm³/mol. The first-order chi connectivity index (χ1) is 14.4. The molecule has 0 bridgehead atoms. The summed E-state index contributed by atoms with van der Waals surface area (Å²) < 4.78 is 11.6. The van der Waals surface area contributed by atoms with Crippen molar-refractivity contribution in [1.29, 1.82) is 0 Å². The van der Waals surface area contributed by atoms with Crippen molar-refractivity contribution < 1.29 is 9.47 Å². The molecule has 9 nitrogen and oxygen atoms in total. The zero-order chi connectivity index (χ0) is 19.5. The van der Waals surface area contributed by atoms with Crippen molar-refractivity contribution >= 4 is 10.9 Å². The number of ether oxygens (including phenoxy) is 2. The molecular weight excluding hydrogens is 370 g/mol. The summed E-state index contributed by atoms with van der Waals surface area (Å²) in [5.41, 5.74) is 3.72. The van der Waals surface area contributed by atoms with Gasteiger partial charge >= 0.3 is 0 Å². The average Bonchev–Trinajstić information content (AvgIpc) is 3.45. The number of fused-ring (bicyclic) bond motifs is 1. The maximum absolute atomic E-state index is 5.87. The van der Waals surface area contributed by atoms with E-state index in [0.717, 1.165) is 59.6 Å². The monoisotopic (exact) mass is 391 g/mol. The summed E-state index contributed by atoms with van der Waals surface area (Å²) in [6, 6.07) is 13.9. The molecule has 1 aliphatic heterocycles. The molecule has 29 heavy (non-hydrogen) atoms. The standard InChI is InChI=1S/C20H21N7O2/c1-4-15(28-9-7-16-12-21-8-10-29-16)5-2-13(1)19-17-11-14(20-24-26-27-25-20)3-6-18(17)22-23-19/h1-6,11,16,21H,7-10,12H2,(H,22,23)(H,24,25,26,27). The number of aromatic nitrogens is 6. The van der Waals surface area contributed by atoms with Gasteiger partial charge in [0, 0.05) is 36.0 Å². The van der Waals surface area contributed by atoms with Crippen LogP contribution in [0, 0.1) is 0 Å². The average molecular weight is 391 g/mol. The molecule has 0 radical (unpaired) electrons. The van der Waals surface area contributed by atoms with Gasteiger partial charge in [-0.05, 0) is 47.7 Å². The van der Waals surface area contributed by atoms with Crippen molar-refractivity contribution in [1.82, 2.24) is 36.1 Å². The number of tetrazole rings is 1. The lowest BCUT2D eigenvalue weighted by molar-refractivity contribution is 0.0159. The van der Waals surface area contributed by atoms with Gasteiger partial charge in [-0.25, -0.2) is 0 Å². The van der Waals surface area contributed by atoms with Crippen molar-refractivity contribution in [2.45, 2.75) is 12.5 Å². The molecule has 4 aromatic rings. The summed E-state index contributed by atoms with van der Waals surface area (Å²) in [5.74, 6) is 1.39. The van der Waals surface area contributed by atoms with Crippen LogP contribution < -0.4 is 10.1 Å². The van der Waals surface area contributed by atoms with E-state index in [1.54, 1.807) is 0 Å². The fourth-order valence-corrected chi connectivity index (χ4v) is 3.48. The number of H-pyrrole nitrogens is 2. The largest absolute Gasteiger partial charge is 0.493 e. The Morgan fingerprint density at radius 1 is 1.07 bits per heavy atom. The number of rotatable bonds is 6. The Morgan fingerprint density at radius 3 is 2.76 bits per heavy atom. The molecule has 3 heterocycles. The molecule has 1 unspecified atom stereocenters. The molecule has 0 aliphatic carbocycles. The van der Waals surface area contributed by atoms with Crippen LogP contribution in [-0.2, 0) is 4.74 Å². The van der Waals surface area contributed by atoms with Crippen LogP contribution in [0.4, 0.5) is 0 Å². The Bertz CT molecular complexity index is 1070. The van der Waals surface area contributed by atoms with Crippen LogP contribution in [0.2, 0.25) is 0 Å². The number of nitrogens with zero attached hydrogens (tertiary/aromatic N) is 4. The number of benzene rings is 2. The molecule has 0 saturated carbocycles. The van der Waals surface area contributed by atoms with Crippen molar-refractivity contribution in [2.75, 3.05) is 26.3 Å². The minimum atomic E-state index is 0.229. The minimum absolute atomic E-state index is 0.229. The van der Waals surface area contributed by atoms with E-state index in [1.165, 1.54) is 0 Å². The molecule has 148 valence electrons. The maximum atomic E-state index is 5.87. The van der Waals surface area contributed by atoms with Crippen LogP contribution >= 0.6 is 0 Å². The van der Waals surface area contributed by atoms with Gasteiger partial charge in [-0.1, -0.05) is 0 Å². The quantitative estimate of drug-likeness (QED) is 0.461. The van der Waals surface area contributed by atoms with E-state index in [-0.39, 0.29) is 6.10 Å². The third-order valence-electron chi connectivity index (χ3n) is 5.01. The summed E-state index contributed by atoms with van der Waals surface area (Å²) in [6.07, 6.45) is 1.10. The highest BCUT2D eigenvalue weighted by atomic mass is 16.5. The Balaban J connectivity index is 1.30. The lowest BCUT2D eigenvalue weighted by atomic mass is 10.1. The molecular formula is C20H21N7O2. The number of hydrogen-bond acceptors (Lipinski definition) is 7. The third-order valence-corrected chi connectivity index (χ3v) is 5.01. The van der Waals surface area contributed by atoms with Gasteiger partial charge in [0.2, 0.25) is 5.82 Å². The lowest BCUT2D eigenvalue weighted by Gasteiger charge is -2.23. The molecule has 1 atom stereocenters. The Labute approximate surface area is 166 Å². The van der Waals surface area contributed by atoms with Crippen LogP contribution in [0.1, 0.15) is 6.42 Å². The van der Waals surface area contributed by atoms with E-state index in [0.29, 0.717) is 12.4 Å². The van der Waals surface area contributed by atoms with Crippen LogP contribution in [0.15, 0.2) is 42.5 Å². The van der Waals surface area contributed by atoms with Crippen molar-refractivity contribution in [3.63, 3.8) is 0 Å². The van der Waals surface area contributed by atoms with Crippen LogP contribution in [0.3, 0.4) is 0 Å². The van der Waals surface area contributed by atoms with Gasteiger partial charge in [0.1, 0.15) is 5.75 Å². The molecule has 3 N–H and O–H groups in total.